The Morgan fingerprint density at radius 3 is 2.29 bits per heavy atom. The van der Waals surface area contributed by atoms with Crippen LogP contribution in [0.15, 0.2) is 0 Å². The molecule has 0 radical (unpaired) electrons. The predicted molar refractivity (Wildman–Crippen MR) is 121 cm³/mol. The van der Waals surface area contributed by atoms with Gasteiger partial charge in [-0.2, -0.15) is 11.8 Å². The Morgan fingerprint density at radius 1 is 1.00 bits per heavy atom. The Hall–Kier alpha value is -1.51. The summed E-state index contributed by atoms with van der Waals surface area (Å²) in [5, 5.41) is 6.16. The summed E-state index contributed by atoms with van der Waals surface area (Å²) < 4.78 is 21.2. The van der Waals surface area contributed by atoms with Crippen molar-refractivity contribution < 1.29 is 28.5 Å². The number of urea groups is 1. The van der Waals surface area contributed by atoms with Gasteiger partial charge in [-0.1, -0.05) is 12.3 Å². The first-order chi connectivity index (χ1) is 15.1. The van der Waals surface area contributed by atoms with Crippen LogP contribution in [0, 0.1) is 12.3 Å². The van der Waals surface area contributed by atoms with Crippen LogP contribution in [0.1, 0.15) is 32.1 Å². The van der Waals surface area contributed by atoms with Crippen LogP contribution in [0.4, 0.5) is 4.79 Å². The molecule has 1 saturated heterocycles. The smallest absolute Gasteiger partial charge is 0.312 e. The summed E-state index contributed by atoms with van der Waals surface area (Å²) in [5.74, 6) is 3.35. The van der Waals surface area contributed by atoms with E-state index < -0.39 is 6.03 Å². The standard InChI is InChI=1S/C21H37N3O6S/c1-2-8-27-10-12-29-14-15-30-13-11-28-9-7-23-20(25)6-4-3-5-19-16-18(17-31-19)24-21(22)26/h1,18-19H,3-17H2,(H,23,25)(H3,22,24,26). The number of thioether (sulfide) groups is 1. The van der Waals surface area contributed by atoms with Crippen LogP contribution in [-0.2, 0) is 23.7 Å². The first-order valence-electron chi connectivity index (χ1n) is 10.8. The number of carbonyl (C=O) groups excluding carboxylic acids is 2. The van der Waals surface area contributed by atoms with Gasteiger partial charge in [0.15, 0.2) is 0 Å². The minimum absolute atomic E-state index is 0.0515. The molecule has 0 aromatic rings. The number of amides is 3. The molecular weight excluding hydrogens is 422 g/mol. The maximum absolute atomic E-state index is 11.8. The van der Waals surface area contributed by atoms with E-state index in [1.54, 1.807) is 0 Å². The molecule has 1 heterocycles. The first-order valence-corrected chi connectivity index (χ1v) is 11.9. The number of ether oxygens (including phenoxy) is 4. The Morgan fingerprint density at radius 2 is 1.65 bits per heavy atom. The Kier molecular flexibility index (Phi) is 17.0. The monoisotopic (exact) mass is 459 g/mol. The molecule has 0 aromatic heterocycles. The number of nitrogens with two attached hydrogens (primary N) is 1. The van der Waals surface area contributed by atoms with Crippen molar-refractivity contribution >= 4 is 23.7 Å². The third-order valence-electron chi connectivity index (χ3n) is 4.48. The van der Waals surface area contributed by atoms with E-state index in [0.717, 1.165) is 31.4 Å². The highest BCUT2D eigenvalue weighted by molar-refractivity contribution is 8.00. The summed E-state index contributed by atoms with van der Waals surface area (Å²) in [6.07, 6.45) is 9.47. The summed E-state index contributed by atoms with van der Waals surface area (Å²) in [6, 6.07) is -0.275. The molecule has 9 nitrogen and oxygen atoms in total. The number of nitrogens with one attached hydrogen (secondary N) is 2. The molecule has 1 aliphatic heterocycles. The fourth-order valence-electron chi connectivity index (χ4n) is 3.01. The van der Waals surface area contributed by atoms with Crippen LogP contribution in [0.5, 0.6) is 0 Å². The lowest BCUT2D eigenvalue weighted by Crippen LogP contribution is -2.38. The van der Waals surface area contributed by atoms with Gasteiger partial charge in [-0.05, 0) is 19.3 Å². The van der Waals surface area contributed by atoms with E-state index in [1.165, 1.54) is 0 Å². The SMILES string of the molecule is C#CCOCCOCCOCCOCCNC(=O)CCCCC1CC(NC(N)=O)CS1. The summed E-state index contributed by atoms with van der Waals surface area (Å²) >= 11 is 1.87. The fraction of sp³-hybridized carbons (Fsp3) is 0.810. The van der Waals surface area contributed by atoms with Gasteiger partial charge < -0.3 is 35.3 Å². The van der Waals surface area contributed by atoms with Crippen LogP contribution in [0.25, 0.3) is 0 Å². The van der Waals surface area contributed by atoms with Crippen LogP contribution in [0.3, 0.4) is 0 Å². The maximum atomic E-state index is 11.8. The van der Waals surface area contributed by atoms with Crippen molar-refractivity contribution in [1.82, 2.24) is 10.6 Å². The van der Waals surface area contributed by atoms with E-state index in [0.29, 0.717) is 71.1 Å². The van der Waals surface area contributed by atoms with Crippen molar-refractivity contribution in [3.05, 3.63) is 0 Å². The molecule has 31 heavy (non-hydrogen) atoms. The highest BCUT2D eigenvalue weighted by Crippen LogP contribution is 2.30. The van der Waals surface area contributed by atoms with E-state index in [2.05, 4.69) is 16.6 Å². The molecule has 1 aliphatic rings. The molecular formula is C21H37N3O6S. The molecule has 2 unspecified atom stereocenters. The minimum atomic E-state index is -0.455. The highest BCUT2D eigenvalue weighted by atomic mass is 32.2. The van der Waals surface area contributed by atoms with Crippen LogP contribution < -0.4 is 16.4 Å². The molecule has 3 amide bonds. The fourth-order valence-corrected chi connectivity index (χ4v) is 4.43. The van der Waals surface area contributed by atoms with E-state index >= 15 is 0 Å². The zero-order valence-electron chi connectivity index (χ0n) is 18.3. The van der Waals surface area contributed by atoms with E-state index in [1.807, 2.05) is 11.8 Å². The summed E-state index contributed by atoms with van der Waals surface area (Å²) in [6.45, 7) is 4.20. The van der Waals surface area contributed by atoms with Gasteiger partial charge in [0.2, 0.25) is 5.91 Å². The lowest BCUT2D eigenvalue weighted by atomic mass is 10.1. The van der Waals surface area contributed by atoms with E-state index in [9.17, 15) is 9.59 Å². The van der Waals surface area contributed by atoms with Crippen LogP contribution in [0.2, 0.25) is 0 Å². The molecule has 0 aliphatic carbocycles. The van der Waals surface area contributed by atoms with Gasteiger partial charge in [0.25, 0.3) is 0 Å². The number of carbonyl (C=O) groups is 2. The van der Waals surface area contributed by atoms with E-state index in [-0.39, 0.29) is 11.9 Å². The van der Waals surface area contributed by atoms with Gasteiger partial charge in [0, 0.05) is 30.0 Å². The maximum Gasteiger partial charge on any atom is 0.312 e. The zero-order valence-corrected chi connectivity index (χ0v) is 19.1. The van der Waals surface area contributed by atoms with Crippen molar-refractivity contribution in [1.29, 1.82) is 0 Å². The number of hydrogen-bond acceptors (Lipinski definition) is 7. The predicted octanol–water partition coefficient (Wildman–Crippen LogP) is 0.905. The molecule has 0 saturated carbocycles. The topological polar surface area (TPSA) is 121 Å². The molecule has 1 fully saturated rings. The number of unbranched alkanes of at least 4 members (excludes halogenated alkanes) is 1. The number of rotatable bonds is 19. The first kappa shape index (κ1) is 27.5. The lowest BCUT2D eigenvalue weighted by Gasteiger charge is -2.11. The third kappa shape index (κ3) is 16.8. The van der Waals surface area contributed by atoms with Gasteiger partial charge in [-0.15, -0.1) is 6.42 Å². The second-order valence-electron chi connectivity index (χ2n) is 7.09. The highest BCUT2D eigenvalue weighted by Gasteiger charge is 2.25. The van der Waals surface area contributed by atoms with Gasteiger partial charge in [0.05, 0.1) is 46.2 Å². The molecule has 1 rings (SSSR count). The summed E-state index contributed by atoms with van der Waals surface area (Å²) in [5.41, 5.74) is 5.15. The Bertz CT molecular complexity index is 532. The second kappa shape index (κ2) is 19.2. The Labute approximate surface area is 189 Å². The average molecular weight is 460 g/mol. The van der Waals surface area contributed by atoms with Crippen molar-refractivity contribution in [3.63, 3.8) is 0 Å². The van der Waals surface area contributed by atoms with Gasteiger partial charge >= 0.3 is 6.03 Å². The number of primary amides is 1. The van der Waals surface area contributed by atoms with Gasteiger partial charge in [-0.25, -0.2) is 4.79 Å². The molecule has 2 atom stereocenters. The molecule has 4 N–H and O–H groups in total. The van der Waals surface area contributed by atoms with Crippen molar-refractivity contribution in [2.45, 2.75) is 43.4 Å². The average Bonchev–Trinajstić information content (AvgIpc) is 3.18. The summed E-state index contributed by atoms with van der Waals surface area (Å²) in [4.78, 5) is 22.7. The summed E-state index contributed by atoms with van der Waals surface area (Å²) in [7, 11) is 0. The molecule has 10 heteroatoms. The van der Waals surface area contributed by atoms with Crippen molar-refractivity contribution in [2.75, 3.05) is 65.2 Å². The minimum Gasteiger partial charge on any atom is -0.377 e. The number of terminal acetylenes is 1. The van der Waals surface area contributed by atoms with Gasteiger partial charge in [-0.3, -0.25) is 4.79 Å². The zero-order chi connectivity index (χ0) is 22.6. The molecule has 0 spiro atoms. The van der Waals surface area contributed by atoms with Crippen LogP contribution in [-0.4, -0.2) is 88.4 Å². The van der Waals surface area contributed by atoms with Crippen LogP contribution >= 0.6 is 11.8 Å². The Balaban J connectivity index is 1.79. The van der Waals surface area contributed by atoms with Crippen molar-refractivity contribution in [2.24, 2.45) is 5.73 Å². The normalized spacial score (nSPS) is 17.9. The van der Waals surface area contributed by atoms with E-state index in [4.69, 9.17) is 31.1 Å². The molecule has 0 bridgehead atoms. The third-order valence-corrected chi connectivity index (χ3v) is 5.97. The lowest BCUT2D eigenvalue weighted by molar-refractivity contribution is -0.121. The quantitative estimate of drug-likeness (QED) is 0.194. The van der Waals surface area contributed by atoms with Gasteiger partial charge in [0.1, 0.15) is 6.61 Å². The van der Waals surface area contributed by atoms with Crippen molar-refractivity contribution in [3.8, 4) is 12.3 Å². The number of hydrogen-bond donors (Lipinski definition) is 3. The molecule has 178 valence electrons. The second-order valence-corrected chi connectivity index (χ2v) is 8.42. The largest absolute Gasteiger partial charge is 0.377 e. The molecule has 0 aromatic carbocycles.